The normalized spacial score (nSPS) is 21.3. The Morgan fingerprint density at radius 2 is 1.84 bits per heavy atom. The fourth-order valence-electron chi connectivity index (χ4n) is 4.27. The number of carbonyl (C=O) groups excluding carboxylic acids is 1. The van der Waals surface area contributed by atoms with Crippen LogP contribution in [0.15, 0.2) is 4.99 Å². The quantitative estimate of drug-likeness (QED) is 0.280. The number of aliphatic imine (C=N–C) groups is 1. The highest BCUT2D eigenvalue weighted by atomic mass is 127. The average molecular weight is 551 g/mol. The largest absolute Gasteiger partial charge is 0.444 e. The van der Waals surface area contributed by atoms with Crippen molar-refractivity contribution in [3.05, 3.63) is 0 Å². The average Bonchev–Trinajstić information content (AvgIpc) is 3.61. The second-order valence-electron chi connectivity index (χ2n) is 10.4. The van der Waals surface area contributed by atoms with Crippen molar-refractivity contribution in [1.29, 1.82) is 0 Å². The van der Waals surface area contributed by atoms with Crippen molar-refractivity contribution >= 4 is 36.0 Å². The molecular weight excluding hydrogens is 507 g/mol. The Morgan fingerprint density at radius 3 is 2.32 bits per heavy atom. The topological polar surface area (TPSA) is 66.4 Å². The molecule has 0 atom stereocenters. The summed E-state index contributed by atoms with van der Waals surface area (Å²) in [6, 6.07) is 0.256. The maximum atomic E-state index is 12.8. The Bertz CT molecular complexity index is 606. The van der Waals surface area contributed by atoms with Crippen LogP contribution in [0.4, 0.5) is 4.79 Å². The minimum Gasteiger partial charge on any atom is -0.444 e. The Labute approximate surface area is 205 Å². The minimum absolute atomic E-state index is 0. The van der Waals surface area contributed by atoms with Gasteiger partial charge < -0.3 is 24.6 Å². The molecule has 1 aliphatic heterocycles. The zero-order chi connectivity index (χ0) is 21.8. The SMILES string of the molecule is CN=C(NCC1(CCOC)CC1)N1CCC(N(CC2CC2)C(=O)OC(C)(C)C)CC1.I. The van der Waals surface area contributed by atoms with Gasteiger partial charge in [-0.05, 0) is 77.0 Å². The molecule has 3 aliphatic rings. The summed E-state index contributed by atoms with van der Waals surface area (Å²) in [7, 11) is 3.64. The van der Waals surface area contributed by atoms with Crippen LogP contribution < -0.4 is 5.32 Å². The van der Waals surface area contributed by atoms with Crippen LogP contribution in [0.3, 0.4) is 0 Å². The van der Waals surface area contributed by atoms with Crippen molar-refractivity contribution < 1.29 is 14.3 Å². The van der Waals surface area contributed by atoms with Crippen molar-refractivity contribution in [3.8, 4) is 0 Å². The van der Waals surface area contributed by atoms with Crippen molar-refractivity contribution in [2.75, 3.05) is 46.9 Å². The molecule has 0 bridgehead atoms. The molecular formula is C23H43IN4O3. The molecule has 0 unspecified atom stereocenters. The number of guanidine groups is 1. The minimum atomic E-state index is -0.451. The van der Waals surface area contributed by atoms with Crippen LogP contribution in [-0.4, -0.2) is 80.4 Å². The summed E-state index contributed by atoms with van der Waals surface area (Å²) < 4.78 is 11.0. The monoisotopic (exact) mass is 550 g/mol. The van der Waals surface area contributed by atoms with Crippen LogP contribution in [0, 0.1) is 11.3 Å². The van der Waals surface area contributed by atoms with E-state index >= 15 is 0 Å². The number of methoxy groups -OCH3 is 1. The van der Waals surface area contributed by atoms with E-state index in [2.05, 4.69) is 15.2 Å². The first-order valence-electron chi connectivity index (χ1n) is 11.7. The first-order chi connectivity index (χ1) is 14.3. The molecule has 0 spiro atoms. The molecule has 0 aromatic heterocycles. The zero-order valence-corrected chi connectivity index (χ0v) is 22.4. The van der Waals surface area contributed by atoms with Crippen LogP contribution in [0.25, 0.3) is 0 Å². The highest BCUT2D eigenvalue weighted by Gasteiger charge is 2.42. The van der Waals surface area contributed by atoms with Gasteiger partial charge in [0.1, 0.15) is 5.60 Å². The maximum Gasteiger partial charge on any atom is 0.410 e. The number of carbonyl (C=O) groups is 1. The second kappa shape index (κ2) is 11.4. The number of nitrogens with zero attached hydrogens (tertiary/aromatic N) is 3. The lowest BCUT2D eigenvalue weighted by atomic mass is 10.0. The standard InChI is InChI=1S/C23H42N4O3.HI/c1-22(2,3)30-21(28)27(16-18-6-7-18)19-8-13-26(14-9-19)20(24-4)25-17-23(10-11-23)12-15-29-5;/h18-19H,6-17H2,1-5H3,(H,24,25);1H. The Kier molecular flexibility index (Phi) is 9.73. The van der Waals surface area contributed by atoms with E-state index in [4.69, 9.17) is 9.47 Å². The van der Waals surface area contributed by atoms with E-state index in [1.807, 2.05) is 32.7 Å². The summed E-state index contributed by atoms with van der Waals surface area (Å²) in [5.74, 6) is 1.65. The molecule has 0 radical (unpaired) electrons. The number of hydrogen-bond donors (Lipinski definition) is 1. The van der Waals surface area contributed by atoms with Crippen molar-refractivity contribution in [2.45, 2.75) is 77.4 Å². The fourth-order valence-corrected chi connectivity index (χ4v) is 4.27. The van der Waals surface area contributed by atoms with Gasteiger partial charge >= 0.3 is 6.09 Å². The van der Waals surface area contributed by atoms with Crippen LogP contribution >= 0.6 is 24.0 Å². The van der Waals surface area contributed by atoms with Crippen LogP contribution in [-0.2, 0) is 9.47 Å². The predicted molar refractivity (Wildman–Crippen MR) is 135 cm³/mol. The third-order valence-corrected chi connectivity index (χ3v) is 6.61. The van der Waals surface area contributed by atoms with Gasteiger partial charge in [-0.2, -0.15) is 0 Å². The summed E-state index contributed by atoms with van der Waals surface area (Å²) in [6.45, 7) is 10.3. The van der Waals surface area contributed by atoms with Gasteiger partial charge in [0.05, 0.1) is 0 Å². The summed E-state index contributed by atoms with van der Waals surface area (Å²) >= 11 is 0. The van der Waals surface area contributed by atoms with E-state index in [-0.39, 0.29) is 36.1 Å². The van der Waals surface area contributed by atoms with E-state index in [0.29, 0.717) is 11.3 Å². The summed E-state index contributed by atoms with van der Waals surface area (Å²) in [6.07, 6.45) is 7.90. The smallest absolute Gasteiger partial charge is 0.410 e. The lowest BCUT2D eigenvalue weighted by Gasteiger charge is -2.40. The van der Waals surface area contributed by atoms with Crippen molar-refractivity contribution in [2.24, 2.45) is 16.3 Å². The van der Waals surface area contributed by atoms with Gasteiger partial charge in [-0.1, -0.05) is 0 Å². The number of rotatable bonds is 8. The number of piperidine rings is 1. The van der Waals surface area contributed by atoms with Gasteiger partial charge in [0.15, 0.2) is 5.96 Å². The number of amides is 1. The Balaban J connectivity index is 0.00000341. The third kappa shape index (κ3) is 8.26. The first kappa shape index (κ1) is 26.5. The zero-order valence-electron chi connectivity index (χ0n) is 20.1. The van der Waals surface area contributed by atoms with Crippen LogP contribution in [0.2, 0.25) is 0 Å². The second-order valence-corrected chi connectivity index (χ2v) is 10.4. The molecule has 1 amide bonds. The number of nitrogens with one attached hydrogen (secondary N) is 1. The maximum absolute atomic E-state index is 12.8. The molecule has 1 saturated heterocycles. The van der Waals surface area contributed by atoms with Gasteiger partial charge in [-0.3, -0.25) is 4.99 Å². The third-order valence-electron chi connectivity index (χ3n) is 6.61. The van der Waals surface area contributed by atoms with E-state index in [1.54, 1.807) is 7.11 Å². The van der Waals surface area contributed by atoms with Crippen molar-refractivity contribution in [1.82, 2.24) is 15.1 Å². The molecule has 180 valence electrons. The predicted octanol–water partition coefficient (Wildman–Crippen LogP) is 4.11. The number of likely N-dealkylation sites (tertiary alicyclic amines) is 1. The van der Waals surface area contributed by atoms with Gasteiger partial charge in [-0.15, -0.1) is 24.0 Å². The molecule has 1 heterocycles. The lowest BCUT2D eigenvalue weighted by molar-refractivity contribution is 0.00927. The molecule has 7 nitrogen and oxygen atoms in total. The molecule has 3 rings (SSSR count). The first-order valence-corrected chi connectivity index (χ1v) is 11.7. The Morgan fingerprint density at radius 1 is 1.19 bits per heavy atom. The summed E-state index contributed by atoms with van der Waals surface area (Å²) in [5.41, 5.74) is -0.0603. The fraction of sp³-hybridized carbons (Fsp3) is 0.913. The molecule has 31 heavy (non-hydrogen) atoms. The Hall–Kier alpha value is -0.770. The lowest BCUT2D eigenvalue weighted by Crippen LogP contribution is -2.53. The van der Waals surface area contributed by atoms with Crippen LogP contribution in [0.1, 0.15) is 65.7 Å². The number of ether oxygens (including phenoxy) is 2. The molecule has 2 saturated carbocycles. The van der Waals surface area contributed by atoms with E-state index in [1.165, 1.54) is 25.7 Å². The van der Waals surface area contributed by atoms with Gasteiger partial charge in [0.2, 0.25) is 0 Å². The highest BCUT2D eigenvalue weighted by Crippen LogP contribution is 2.48. The molecule has 1 N–H and O–H groups in total. The molecule has 0 aromatic carbocycles. The van der Waals surface area contributed by atoms with E-state index in [9.17, 15) is 4.79 Å². The van der Waals surface area contributed by atoms with Crippen LogP contribution in [0.5, 0.6) is 0 Å². The molecule has 3 fully saturated rings. The highest BCUT2D eigenvalue weighted by molar-refractivity contribution is 14.0. The molecule has 2 aliphatic carbocycles. The number of hydrogen-bond acceptors (Lipinski definition) is 4. The van der Waals surface area contributed by atoms with E-state index in [0.717, 1.165) is 58.0 Å². The van der Waals surface area contributed by atoms with Crippen molar-refractivity contribution in [3.63, 3.8) is 0 Å². The number of halogens is 1. The summed E-state index contributed by atoms with van der Waals surface area (Å²) in [4.78, 5) is 21.7. The summed E-state index contributed by atoms with van der Waals surface area (Å²) in [5, 5.41) is 3.61. The van der Waals surface area contributed by atoms with E-state index < -0.39 is 5.60 Å². The molecule has 8 heteroatoms. The molecule has 0 aromatic rings. The van der Waals surface area contributed by atoms with Gasteiger partial charge in [0.25, 0.3) is 0 Å². The van der Waals surface area contributed by atoms with Gasteiger partial charge in [0, 0.05) is 53.0 Å². The van der Waals surface area contributed by atoms with Gasteiger partial charge in [-0.25, -0.2) is 4.79 Å².